The Morgan fingerprint density at radius 3 is 2.86 bits per heavy atom. The molecule has 1 aliphatic rings. The lowest BCUT2D eigenvalue weighted by molar-refractivity contribution is -0.124. The smallest absolute Gasteiger partial charge is 0.244 e. The fourth-order valence-corrected chi connectivity index (χ4v) is 2.71. The van der Waals surface area contributed by atoms with Gasteiger partial charge in [-0.2, -0.15) is 5.10 Å². The van der Waals surface area contributed by atoms with Crippen LogP contribution in [0.2, 0.25) is 5.02 Å². The van der Waals surface area contributed by atoms with Crippen molar-refractivity contribution in [2.75, 3.05) is 6.54 Å². The molecule has 1 atom stereocenters. The van der Waals surface area contributed by atoms with Crippen LogP contribution in [0.3, 0.4) is 0 Å². The van der Waals surface area contributed by atoms with E-state index in [1.54, 1.807) is 10.9 Å². The zero-order valence-corrected chi connectivity index (χ0v) is 13.5. The summed E-state index contributed by atoms with van der Waals surface area (Å²) in [5, 5.41) is 7.66. The van der Waals surface area contributed by atoms with Gasteiger partial charge >= 0.3 is 0 Å². The summed E-state index contributed by atoms with van der Waals surface area (Å²) in [7, 11) is 0. The molecule has 0 bridgehead atoms. The van der Waals surface area contributed by atoms with Crippen molar-refractivity contribution in [2.45, 2.75) is 39.3 Å². The molecule has 1 N–H and O–H groups in total. The summed E-state index contributed by atoms with van der Waals surface area (Å²) < 4.78 is 3.73. The summed E-state index contributed by atoms with van der Waals surface area (Å²) in [5.74, 6) is 0.977. The largest absolute Gasteiger partial charge is 0.354 e. The molecule has 0 spiro atoms. The van der Waals surface area contributed by atoms with Gasteiger partial charge in [-0.05, 0) is 26.7 Å². The van der Waals surface area contributed by atoms with Crippen LogP contribution in [0.25, 0.3) is 0 Å². The van der Waals surface area contributed by atoms with Gasteiger partial charge in [0.25, 0.3) is 0 Å². The Bertz CT molecular complexity index is 673. The average molecular weight is 322 g/mol. The molecule has 6 nitrogen and oxygen atoms in total. The van der Waals surface area contributed by atoms with Crippen LogP contribution in [0.1, 0.15) is 31.6 Å². The first-order valence-electron chi connectivity index (χ1n) is 7.44. The molecule has 0 aliphatic heterocycles. The number of imidazole rings is 1. The van der Waals surface area contributed by atoms with Gasteiger partial charge in [-0.15, -0.1) is 0 Å². The van der Waals surface area contributed by atoms with E-state index in [1.165, 1.54) is 6.20 Å². The standard InChI is InChI=1S/C15H20ClN5O/c1-11(21-8-13(16)7-19-21)14(22)18-9-15(3-4-15)10-20-6-5-17-12(20)2/h5-8,11H,3-4,9-10H2,1-2H3,(H,18,22)/t11-/m1/s1. The van der Waals surface area contributed by atoms with Crippen LogP contribution < -0.4 is 5.32 Å². The van der Waals surface area contributed by atoms with E-state index in [-0.39, 0.29) is 17.4 Å². The summed E-state index contributed by atoms with van der Waals surface area (Å²) in [4.78, 5) is 16.5. The fraction of sp³-hybridized carbons (Fsp3) is 0.533. The van der Waals surface area contributed by atoms with E-state index in [1.807, 2.05) is 26.2 Å². The number of carbonyl (C=O) groups is 1. The average Bonchev–Trinajstić information content (AvgIpc) is 2.93. The minimum atomic E-state index is -0.363. The summed E-state index contributed by atoms with van der Waals surface area (Å²) in [6.45, 7) is 5.40. The number of aryl methyl sites for hydroxylation is 1. The molecule has 118 valence electrons. The molecule has 2 aromatic heterocycles. The third kappa shape index (κ3) is 3.16. The molecule has 1 saturated carbocycles. The second kappa shape index (κ2) is 5.76. The van der Waals surface area contributed by atoms with E-state index in [9.17, 15) is 4.79 Å². The Labute approximate surface area is 134 Å². The number of hydrogen-bond donors (Lipinski definition) is 1. The van der Waals surface area contributed by atoms with Crippen molar-refractivity contribution in [1.82, 2.24) is 24.6 Å². The van der Waals surface area contributed by atoms with E-state index in [0.717, 1.165) is 25.2 Å². The van der Waals surface area contributed by atoms with Gasteiger partial charge in [-0.3, -0.25) is 9.48 Å². The first-order chi connectivity index (χ1) is 10.5. The zero-order valence-electron chi connectivity index (χ0n) is 12.8. The predicted octanol–water partition coefficient (Wildman–Crippen LogP) is 2.20. The molecule has 1 fully saturated rings. The monoisotopic (exact) mass is 321 g/mol. The Morgan fingerprint density at radius 2 is 2.32 bits per heavy atom. The molecule has 2 aromatic rings. The van der Waals surface area contributed by atoms with Crippen molar-refractivity contribution in [3.8, 4) is 0 Å². The first kappa shape index (κ1) is 15.1. The molecule has 1 aliphatic carbocycles. The molecule has 1 amide bonds. The Balaban J connectivity index is 1.55. The lowest BCUT2D eigenvalue weighted by Crippen LogP contribution is -2.36. The van der Waals surface area contributed by atoms with Crippen LogP contribution >= 0.6 is 11.6 Å². The SMILES string of the molecule is Cc1nccn1CC1(CNC(=O)[C@@H](C)n2cc(Cl)cn2)CC1. The maximum absolute atomic E-state index is 12.3. The minimum absolute atomic E-state index is 0.0339. The van der Waals surface area contributed by atoms with Gasteiger partial charge in [0.15, 0.2) is 0 Å². The van der Waals surface area contributed by atoms with Gasteiger partial charge in [0.05, 0.1) is 11.2 Å². The van der Waals surface area contributed by atoms with Crippen LogP contribution in [-0.2, 0) is 11.3 Å². The highest BCUT2D eigenvalue weighted by Gasteiger charge is 2.43. The molecule has 22 heavy (non-hydrogen) atoms. The number of nitrogens with zero attached hydrogens (tertiary/aromatic N) is 4. The van der Waals surface area contributed by atoms with Crippen molar-refractivity contribution in [2.24, 2.45) is 5.41 Å². The molecular weight excluding hydrogens is 302 g/mol. The number of carbonyl (C=O) groups excluding carboxylic acids is 1. The van der Waals surface area contributed by atoms with E-state index in [0.29, 0.717) is 11.6 Å². The lowest BCUT2D eigenvalue weighted by atomic mass is 10.1. The van der Waals surface area contributed by atoms with Crippen molar-refractivity contribution < 1.29 is 4.79 Å². The molecule has 0 saturated heterocycles. The van der Waals surface area contributed by atoms with Gasteiger partial charge in [-0.1, -0.05) is 11.6 Å². The van der Waals surface area contributed by atoms with Crippen LogP contribution in [-0.4, -0.2) is 31.8 Å². The van der Waals surface area contributed by atoms with Crippen molar-refractivity contribution in [3.63, 3.8) is 0 Å². The Morgan fingerprint density at radius 1 is 1.55 bits per heavy atom. The van der Waals surface area contributed by atoms with Gasteiger partial charge in [0.2, 0.25) is 5.91 Å². The first-order valence-corrected chi connectivity index (χ1v) is 7.82. The van der Waals surface area contributed by atoms with Crippen LogP contribution in [0, 0.1) is 12.3 Å². The fourth-order valence-electron chi connectivity index (χ4n) is 2.57. The second-order valence-corrected chi connectivity index (χ2v) is 6.57. The number of nitrogens with one attached hydrogen (secondary N) is 1. The van der Waals surface area contributed by atoms with Crippen molar-refractivity contribution >= 4 is 17.5 Å². The summed E-state index contributed by atoms with van der Waals surface area (Å²) >= 11 is 5.84. The highest BCUT2D eigenvalue weighted by Crippen LogP contribution is 2.46. The maximum atomic E-state index is 12.3. The van der Waals surface area contributed by atoms with Gasteiger partial charge in [-0.25, -0.2) is 4.98 Å². The number of amides is 1. The van der Waals surface area contributed by atoms with Crippen LogP contribution in [0.5, 0.6) is 0 Å². The number of rotatable bonds is 6. The van der Waals surface area contributed by atoms with Gasteiger partial charge in [0, 0.05) is 37.1 Å². The molecule has 0 radical (unpaired) electrons. The Hall–Kier alpha value is -1.82. The molecule has 0 unspecified atom stereocenters. The van der Waals surface area contributed by atoms with E-state index in [2.05, 4.69) is 20.0 Å². The van der Waals surface area contributed by atoms with Gasteiger partial charge < -0.3 is 9.88 Å². The van der Waals surface area contributed by atoms with E-state index >= 15 is 0 Å². The molecular formula is C15H20ClN5O. The number of hydrogen-bond acceptors (Lipinski definition) is 3. The van der Waals surface area contributed by atoms with Crippen molar-refractivity contribution in [3.05, 3.63) is 35.6 Å². The highest BCUT2D eigenvalue weighted by molar-refractivity contribution is 6.30. The van der Waals surface area contributed by atoms with E-state index in [4.69, 9.17) is 11.6 Å². The summed E-state index contributed by atoms with van der Waals surface area (Å²) in [5.41, 5.74) is 0.169. The topological polar surface area (TPSA) is 64.7 Å². The minimum Gasteiger partial charge on any atom is -0.354 e. The highest BCUT2D eigenvalue weighted by atomic mass is 35.5. The van der Waals surface area contributed by atoms with Crippen LogP contribution in [0.4, 0.5) is 0 Å². The summed E-state index contributed by atoms with van der Waals surface area (Å²) in [6, 6.07) is -0.363. The molecule has 0 aromatic carbocycles. The molecule has 7 heteroatoms. The number of aromatic nitrogens is 4. The van der Waals surface area contributed by atoms with Gasteiger partial charge in [0.1, 0.15) is 11.9 Å². The van der Waals surface area contributed by atoms with E-state index < -0.39 is 0 Å². The second-order valence-electron chi connectivity index (χ2n) is 6.13. The lowest BCUT2D eigenvalue weighted by Gasteiger charge is -2.19. The predicted molar refractivity (Wildman–Crippen MR) is 83.6 cm³/mol. The third-order valence-electron chi connectivity index (χ3n) is 4.37. The zero-order chi connectivity index (χ0) is 15.7. The molecule has 3 rings (SSSR count). The third-order valence-corrected chi connectivity index (χ3v) is 4.57. The number of halogens is 1. The summed E-state index contributed by atoms with van der Waals surface area (Å²) in [6.07, 6.45) is 9.27. The normalized spacial score (nSPS) is 17.2. The van der Waals surface area contributed by atoms with Crippen molar-refractivity contribution in [1.29, 1.82) is 0 Å². The quantitative estimate of drug-likeness (QED) is 0.887. The molecule has 2 heterocycles. The Kier molecular flexibility index (Phi) is 3.95. The maximum Gasteiger partial charge on any atom is 0.244 e. The van der Waals surface area contributed by atoms with Crippen LogP contribution in [0.15, 0.2) is 24.8 Å².